The summed E-state index contributed by atoms with van der Waals surface area (Å²) in [6, 6.07) is 8.39. The maximum Gasteiger partial charge on any atom is 0.257 e. The maximum atomic E-state index is 5.62. The maximum absolute atomic E-state index is 5.62. The van der Waals surface area contributed by atoms with Crippen LogP contribution in [0.1, 0.15) is 36.6 Å². The Kier molecular flexibility index (Phi) is 3.16. The SMILES string of the molecule is BOC1CCCCC1c1nc2ccccc2s1. The van der Waals surface area contributed by atoms with Gasteiger partial charge < -0.3 is 4.65 Å². The quantitative estimate of drug-likeness (QED) is 0.759. The summed E-state index contributed by atoms with van der Waals surface area (Å²) in [6.07, 6.45) is 5.36. The van der Waals surface area contributed by atoms with E-state index in [1.54, 1.807) is 0 Å². The van der Waals surface area contributed by atoms with Gasteiger partial charge in [0.1, 0.15) is 0 Å². The van der Waals surface area contributed by atoms with Crippen molar-refractivity contribution in [3.63, 3.8) is 0 Å². The third-order valence-corrected chi connectivity index (χ3v) is 4.80. The molecule has 4 heteroatoms. The fraction of sp³-hybridized carbons (Fsp3) is 0.462. The fourth-order valence-electron chi connectivity index (χ4n) is 2.71. The number of thiazole rings is 1. The van der Waals surface area contributed by atoms with Crippen LogP contribution in [0, 0.1) is 0 Å². The third kappa shape index (κ3) is 2.12. The number of benzene rings is 1. The number of hydrogen-bond acceptors (Lipinski definition) is 3. The van der Waals surface area contributed by atoms with Crippen LogP contribution in [0.25, 0.3) is 10.2 Å². The van der Waals surface area contributed by atoms with Crippen LogP contribution in [0.3, 0.4) is 0 Å². The molecule has 0 aliphatic heterocycles. The summed E-state index contributed by atoms with van der Waals surface area (Å²) in [5.41, 5.74) is 1.13. The highest BCUT2D eigenvalue weighted by Gasteiger charge is 2.28. The lowest BCUT2D eigenvalue weighted by molar-refractivity contribution is 0.143. The Morgan fingerprint density at radius 2 is 2.06 bits per heavy atom. The van der Waals surface area contributed by atoms with Crippen molar-refractivity contribution in [3.8, 4) is 0 Å². The Labute approximate surface area is 106 Å². The molecule has 88 valence electrons. The van der Waals surface area contributed by atoms with Crippen molar-refractivity contribution >= 4 is 29.6 Å². The second-order valence-electron chi connectivity index (χ2n) is 4.68. The van der Waals surface area contributed by atoms with Crippen LogP contribution in [0.4, 0.5) is 0 Å². The summed E-state index contributed by atoms with van der Waals surface area (Å²) in [6.45, 7) is 0. The third-order valence-electron chi connectivity index (χ3n) is 3.63. The molecule has 1 heterocycles. The van der Waals surface area contributed by atoms with Crippen molar-refractivity contribution in [2.24, 2.45) is 0 Å². The molecule has 0 bridgehead atoms. The number of para-hydroxylation sites is 1. The van der Waals surface area contributed by atoms with Gasteiger partial charge in [-0.25, -0.2) is 4.98 Å². The Morgan fingerprint density at radius 3 is 2.88 bits per heavy atom. The summed E-state index contributed by atoms with van der Waals surface area (Å²) < 4.78 is 6.92. The number of fused-ring (bicyclic) bond motifs is 1. The first-order valence-corrected chi connectivity index (χ1v) is 7.08. The van der Waals surface area contributed by atoms with E-state index in [0.717, 1.165) is 5.52 Å². The Morgan fingerprint density at radius 1 is 1.24 bits per heavy atom. The van der Waals surface area contributed by atoms with Crippen LogP contribution in [-0.4, -0.2) is 19.1 Å². The molecule has 3 rings (SSSR count). The molecular formula is C13H16BNOS. The van der Waals surface area contributed by atoms with Crippen molar-refractivity contribution in [2.75, 3.05) is 0 Å². The van der Waals surface area contributed by atoms with E-state index in [0.29, 0.717) is 12.0 Å². The predicted octanol–water partition coefficient (Wildman–Crippen LogP) is 2.89. The molecule has 1 aliphatic carbocycles. The summed E-state index contributed by atoms with van der Waals surface area (Å²) in [5, 5.41) is 1.26. The highest BCUT2D eigenvalue weighted by Crippen LogP contribution is 2.38. The molecule has 0 amide bonds. The van der Waals surface area contributed by atoms with Gasteiger partial charge in [0.25, 0.3) is 8.05 Å². The van der Waals surface area contributed by atoms with E-state index in [4.69, 9.17) is 9.64 Å². The molecule has 1 aromatic heterocycles. The standard InChI is InChI=1S/C13H16BNOS/c14-16-11-7-3-1-5-9(11)13-15-10-6-2-4-8-12(10)17-13/h2,4,6,8-9,11H,1,3,5,7,14H2. The van der Waals surface area contributed by atoms with E-state index in [-0.39, 0.29) is 0 Å². The van der Waals surface area contributed by atoms with Gasteiger partial charge in [0.2, 0.25) is 0 Å². The lowest BCUT2D eigenvalue weighted by Crippen LogP contribution is -2.25. The molecule has 2 atom stereocenters. The number of hydrogen-bond donors (Lipinski definition) is 0. The lowest BCUT2D eigenvalue weighted by Gasteiger charge is -2.29. The van der Waals surface area contributed by atoms with Crippen LogP contribution < -0.4 is 0 Å². The topological polar surface area (TPSA) is 22.1 Å². The van der Waals surface area contributed by atoms with E-state index < -0.39 is 0 Å². The molecule has 0 spiro atoms. The van der Waals surface area contributed by atoms with Crippen molar-refractivity contribution in [1.82, 2.24) is 4.98 Å². The molecule has 2 unspecified atom stereocenters. The van der Waals surface area contributed by atoms with Crippen molar-refractivity contribution < 1.29 is 4.65 Å². The van der Waals surface area contributed by atoms with Gasteiger partial charge in [-0.15, -0.1) is 11.3 Å². The first-order valence-electron chi connectivity index (χ1n) is 6.27. The minimum absolute atomic E-state index is 0.365. The normalized spacial score (nSPS) is 25.2. The van der Waals surface area contributed by atoms with E-state index >= 15 is 0 Å². The molecular weight excluding hydrogens is 229 g/mol. The molecule has 1 aliphatic rings. The van der Waals surface area contributed by atoms with E-state index in [9.17, 15) is 0 Å². The van der Waals surface area contributed by atoms with Crippen molar-refractivity contribution in [2.45, 2.75) is 37.7 Å². The van der Waals surface area contributed by atoms with Crippen LogP contribution in [-0.2, 0) is 4.65 Å². The fourth-order valence-corrected chi connectivity index (χ4v) is 3.87. The van der Waals surface area contributed by atoms with Gasteiger partial charge in [-0.05, 0) is 25.0 Å². The van der Waals surface area contributed by atoms with Gasteiger partial charge >= 0.3 is 0 Å². The Hall–Kier alpha value is -0.865. The van der Waals surface area contributed by atoms with Gasteiger partial charge in [-0.2, -0.15) is 0 Å². The van der Waals surface area contributed by atoms with Crippen LogP contribution >= 0.6 is 11.3 Å². The van der Waals surface area contributed by atoms with Crippen molar-refractivity contribution in [3.05, 3.63) is 29.3 Å². The number of rotatable bonds is 2. The number of aromatic nitrogens is 1. The Balaban J connectivity index is 1.96. The first kappa shape index (κ1) is 11.2. The van der Waals surface area contributed by atoms with E-state index in [1.165, 1.54) is 35.4 Å². The molecule has 0 saturated heterocycles. The minimum Gasteiger partial charge on any atom is -0.441 e. The summed E-state index contributed by atoms with van der Waals surface area (Å²) in [5.74, 6) is 0.506. The second-order valence-corrected chi connectivity index (χ2v) is 5.75. The second kappa shape index (κ2) is 4.79. The molecule has 17 heavy (non-hydrogen) atoms. The largest absolute Gasteiger partial charge is 0.441 e. The lowest BCUT2D eigenvalue weighted by atomic mass is 9.86. The average molecular weight is 245 g/mol. The van der Waals surface area contributed by atoms with Crippen molar-refractivity contribution in [1.29, 1.82) is 0 Å². The zero-order valence-electron chi connectivity index (χ0n) is 10.1. The molecule has 1 aromatic carbocycles. The van der Waals surface area contributed by atoms with Gasteiger partial charge in [-0.1, -0.05) is 25.0 Å². The highest BCUT2D eigenvalue weighted by molar-refractivity contribution is 7.18. The molecule has 0 N–H and O–H groups in total. The van der Waals surface area contributed by atoms with Gasteiger partial charge in [0, 0.05) is 12.0 Å². The van der Waals surface area contributed by atoms with Gasteiger partial charge in [0.05, 0.1) is 15.2 Å². The van der Waals surface area contributed by atoms with Gasteiger partial charge in [-0.3, -0.25) is 0 Å². The van der Waals surface area contributed by atoms with Crippen LogP contribution in [0.2, 0.25) is 0 Å². The van der Waals surface area contributed by atoms with Gasteiger partial charge in [0.15, 0.2) is 0 Å². The average Bonchev–Trinajstić information content (AvgIpc) is 2.82. The number of nitrogens with zero attached hydrogens (tertiary/aromatic N) is 1. The van der Waals surface area contributed by atoms with Crippen LogP contribution in [0.5, 0.6) is 0 Å². The molecule has 1 saturated carbocycles. The Bertz CT molecular complexity index is 480. The first-order chi connectivity index (χ1) is 8.38. The smallest absolute Gasteiger partial charge is 0.257 e. The molecule has 1 fully saturated rings. The highest BCUT2D eigenvalue weighted by atomic mass is 32.1. The minimum atomic E-state index is 0.365. The van der Waals surface area contributed by atoms with Crippen LogP contribution in [0.15, 0.2) is 24.3 Å². The zero-order valence-corrected chi connectivity index (χ0v) is 10.9. The molecule has 2 aromatic rings. The summed E-state index contributed by atoms with van der Waals surface area (Å²) in [4.78, 5) is 4.77. The summed E-state index contributed by atoms with van der Waals surface area (Å²) >= 11 is 1.83. The van der Waals surface area contributed by atoms with E-state index in [2.05, 4.69) is 24.3 Å². The molecule has 0 radical (unpaired) electrons. The summed E-state index contributed by atoms with van der Waals surface area (Å²) in [7, 11) is 1.83. The van der Waals surface area contributed by atoms with E-state index in [1.807, 2.05) is 19.4 Å². The monoisotopic (exact) mass is 245 g/mol. The predicted molar refractivity (Wildman–Crippen MR) is 74.2 cm³/mol. The molecule has 2 nitrogen and oxygen atoms in total. The zero-order chi connectivity index (χ0) is 11.7.